The summed E-state index contributed by atoms with van der Waals surface area (Å²) >= 11 is 17.9. The van der Waals surface area contributed by atoms with Crippen LogP contribution in [-0.2, 0) is 19.4 Å². The Morgan fingerprint density at radius 3 is 1.02 bits per heavy atom. The number of rotatable bonds is 18. The van der Waals surface area contributed by atoms with Gasteiger partial charge < -0.3 is 27.2 Å². The fourth-order valence-electron chi connectivity index (χ4n) is 13.1. The van der Waals surface area contributed by atoms with E-state index >= 15 is 0 Å². The molecule has 111 heavy (non-hydrogen) atoms. The highest BCUT2D eigenvalue weighted by Gasteiger charge is 2.28. The molecule has 0 spiro atoms. The fraction of sp³-hybridized carbons (Fsp3) is 0.198. The molecule has 2 aliphatic rings. The Balaban J connectivity index is 0.000000122. The number of nitrogens with zero attached hydrogens (tertiary/aromatic N) is 16. The highest BCUT2D eigenvalue weighted by Crippen LogP contribution is 2.41. The van der Waals surface area contributed by atoms with E-state index in [2.05, 4.69) is 106 Å². The fourth-order valence-corrected chi connectivity index (χ4v) is 13.5. The number of aliphatic hydroxyl groups is 1. The molecule has 2 aliphatic heterocycles. The van der Waals surface area contributed by atoms with Gasteiger partial charge in [-0.1, -0.05) is 71.2 Å². The molecule has 0 unspecified atom stereocenters. The van der Waals surface area contributed by atoms with Gasteiger partial charge in [-0.2, -0.15) is 25.5 Å². The first kappa shape index (κ1) is 77.2. The lowest BCUT2D eigenvalue weighted by Gasteiger charge is -2.22. The molecule has 562 valence electrons. The smallest absolute Gasteiger partial charge is 0.123 e. The van der Waals surface area contributed by atoms with Gasteiger partial charge in [0.1, 0.15) is 71.7 Å². The normalized spacial score (nSPS) is 12.8. The van der Waals surface area contributed by atoms with Crippen molar-refractivity contribution >= 4 is 34.8 Å². The average Bonchev–Trinajstić information content (AvgIpc) is 1.68. The molecule has 0 aliphatic carbocycles. The van der Waals surface area contributed by atoms with Crippen molar-refractivity contribution in [3.05, 3.63) is 270 Å². The molecule has 2 fully saturated rings. The van der Waals surface area contributed by atoms with E-state index in [0.717, 1.165) is 187 Å². The van der Waals surface area contributed by atoms with Crippen LogP contribution in [0.4, 0.5) is 8.78 Å². The van der Waals surface area contributed by atoms with Crippen molar-refractivity contribution in [2.24, 2.45) is 11.5 Å². The third-order valence-electron chi connectivity index (χ3n) is 18.4. The van der Waals surface area contributed by atoms with Gasteiger partial charge in [0.25, 0.3) is 0 Å². The molecule has 25 nitrogen and oxygen atoms in total. The summed E-state index contributed by atoms with van der Waals surface area (Å²) in [5, 5.41) is 53.0. The summed E-state index contributed by atoms with van der Waals surface area (Å²) < 4.78 is 28.1. The molecule has 2 saturated heterocycles. The maximum absolute atomic E-state index is 13.3. The van der Waals surface area contributed by atoms with Gasteiger partial charge in [0, 0.05) is 155 Å². The summed E-state index contributed by atoms with van der Waals surface area (Å²) in [4.78, 5) is 41.6. The third kappa shape index (κ3) is 19.6. The number of aromatic nitrogens is 20. The minimum atomic E-state index is -0.278. The molecule has 12 heterocycles. The van der Waals surface area contributed by atoms with Crippen LogP contribution in [0.3, 0.4) is 0 Å². The SMILES string of the molecule is Clc1ccc(-c2n[nH]c(C3CCNCC3)c2-c2ccncn2)cc1.Fc1ccc(-c2n[nH]c(C3CCNCC3)c2-c2ccncn2)cc1.NCCc1[nH]nc(-c2ccc(Cl)cc2)c1-c1ccncn1.NCCc1[nH]nc(-c2ccc(F)cc2)c1-c1ccncn1.OCCn1cc(-c2ccncn2)c(-c2ccc(Cl)cc2)n1. The van der Waals surface area contributed by atoms with Gasteiger partial charge in [-0.15, -0.1) is 0 Å². The molecule has 17 rings (SSSR count). The quantitative estimate of drug-likeness (QED) is 0.0385. The van der Waals surface area contributed by atoms with Gasteiger partial charge in [-0.25, -0.2) is 58.6 Å². The Labute approximate surface area is 652 Å². The van der Waals surface area contributed by atoms with Crippen LogP contribution in [-0.4, -0.2) is 151 Å². The van der Waals surface area contributed by atoms with E-state index in [0.29, 0.717) is 54.4 Å². The standard InChI is InChI=1S/C18H18ClN5.C18H18FN5.C15H14ClN5.C15H13ClN4O.C15H14FN5/c2*19-14-3-1-12(2-4-14)17-16(15-7-10-21-11-22-15)18(24-23-17)13-5-8-20-9-6-13;16-11-3-1-10(2-4-11)15-14(12-6-8-18-9-19-12)13(5-7-17)20-21-15;16-12-3-1-11(2-4-12)15-13(9-20(19-15)7-8-21)14-5-6-17-10-18-14;16-11-3-1-10(2-4-11)15-14(12-6-8-18-9-19-12)13(5-7-17)20-21-15/h2*1-4,7,10-11,13,20H,5-6,8-9H2,(H,23,24);1-4,6,8-9H,5,7,17H2,(H,20,21);1-6,9-10,21H,7-8H2;1-4,6,8-9H,5,7,17H2,(H,20,21). The number of aromatic amines is 4. The van der Waals surface area contributed by atoms with Gasteiger partial charge >= 0.3 is 0 Å². The van der Waals surface area contributed by atoms with Crippen molar-refractivity contribution in [1.82, 2.24) is 111 Å². The van der Waals surface area contributed by atoms with Crippen LogP contribution in [0.25, 0.3) is 113 Å². The number of benzene rings is 5. The third-order valence-corrected chi connectivity index (χ3v) is 19.2. The maximum atomic E-state index is 13.3. The van der Waals surface area contributed by atoms with Crippen molar-refractivity contribution < 1.29 is 13.9 Å². The summed E-state index contributed by atoms with van der Waals surface area (Å²) in [6, 6.07) is 44.8. The van der Waals surface area contributed by atoms with Gasteiger partial charge in [0.05, 0.1) is 41.6 Å². The van der Waals surface area contributed by atoms with Crippen LogP contribution in [0, 0.1) is 11.6 Å². The van der Waals surface area contributed by atoms with E-state index in [1.807, 2.05) is 109 Å². The second kappa shape index (κ2) is 38.4. The van der Waals surface area contributed by atoms with E-state index in [4.69, 9.17) is 51.4 Å². The first-order valence-corrected chi connectivity index (χ1v) is 37.1. The zero-order valence-electron chi connectivity index (χ0n) is 60.0. The zero-order valence-corrected chi connectivity index (χ0v) is 62.3. The molecule has 11 N–H and O–H groups in total. The monoisotopic (exact) mass is 1540 g/mol. The minimum absolute atomic E-state index is 0.0327. The Hall–Kier alpha value is -11.9. The number of nitrogens with two attached hydrogens (primary N) is 2. The molecule has 15 aromatic rings. The van der Waals surface area contributed by atoms with Crippen LogP contribution >= 0.6 is 34.8 Å². The maximum Gasteiger partial charge on any atom is 0.123 e. The van der Waals surface area contributed by atoms with Gasteiger partial charge in [-0.3, -0.25) is 25.1 Å². The highest BCUT2D eigenvalue weighted by molar-refractivity contribution is 6.31. The lowest BCUT2D eigenvalue weighted by molar-refractivity contribution is 0.269. The summed E-state index contributed by atoms with van der Waals surface area (Å²) in [6.45, 7) is 5.57. The summed E-state index contributed by atoms with van der Waals surface area (Å²) in [5.41, 5.74) is 33.2. The molecule has 0 radical (unpaired) electrons. The predicted molar refractivity (Wildman–Crippen MR) is 426 cm³/mol. The second-order valence-electron chi connectivity index (χ2n) is 25.6. The molecule has 0 atom stereocenters. The average molecular weight is 1550 g/mol. The molecular formula is C81H77Cl3F2N24O. The van der Waals surface area contributed by atoms with Crippen LogP contribution in [0.1, 0.15) is 60.3 Å². The second-order valence-corrected chi connectivity index (χ2v) is 26.9. The van der Waals surface area contributed by atoms with Gasteiger partial charge in [-0.05, 0) is 180 Å². The lowest BCUT2D eigenvalue weighted by atomic mass is 9.89. The highest BCUT2D eigenvalue weighted by atomic mass is 35.5. The lowest BCUT2D eigenvalue weighted by Crippen LogP contribution is -2.27. The molecule has 5 aromatic carbocycles. The Morgan fingerprint density at radius 2 is 0.694 bits per heavy atom. The number of H-pyrrole nitrogens is 4. The van der Waals surface area contributed by atoms with Crippen LogP contribution in [0.2, 0.25) is 15.1 Å². The van der Waals surface area contributed by atoms with Crippen molar-refractivity contribution in [2.45, 2.75) is 56.9 Å². The van der Waals surface area contributed by atoms with Crippen molar-refractivity contribution in [3.8, 4) is 113 Å². The van der Waals surface area contributed by atoms with E-state index in [9.17, 15) is 8.78 Å². The molecule has 30 heteroatoms. The molecule has 0 bridgehead atoms. The number of hydrogen-bond donors (Lipinski definition) is 9. The molecule has 10 aromatic heterocycles. The largest absolute Gasteiger partial charge is 0.394 e. The van der Waals surface area contributed by atoms with Gasteiger partial charge in [0.15, 0.2) is 0 Å². The number of hydrogen-bond acceptors (Lipinski definition) is 20. The van der Waals surface area contributed by atoms with Gasteiger partial charge in [0.2, 0.25) is 0 Å². The summed E-state index contributed by atoms with van der Waals surface area (Å²) in [6.07, 6.45) is 23.8. The molecule has 0 saturated carbocycles. The van der Waals surface area contributed by atoms with E-state index < -0.39 is 0 Å². The first-order chi connectivity index (χ1) is 54.5. The first-order valence-electron chi connectivity index (χ1n) is 35.9. The van der Waals surface area contributed by atoms with Crippen LogP contribution in [0.5, 0.6) is 0 Å². The Bertz CT molecular complexity index is 5020. The number of piperidine rings is 2. The molecular weight excluding hydrogens is 1470 g/mol. The molecule has 0 amide bonds. The van der Waals surface area contributed by atoms with Crippen molar-refractivity contribution in [2.75, 3.05) is 45.9 Å². The van der Waals surface area contributed by atoms with Crippen LogP contribution < -0.4 is 22.1 Å². The predicted octanol–water partition coefficient (Wildman–Crippen LogP) is 14.3. The topological polar surface area (TPSA) is 358 Å². The van der Waals surface area contributed by atoms with E-state index in [1.54, 1.807) is 72.6 Å². The summed E-state index contributed by atoms with van der Waals surface area (Å²) in [7, 11) is 0. The van der Waals surface area contributed by atoms with E-state index in [-0.39, 0.29) is 18.2 Å². The number of nitrogens with one attached hydrogen (secondary N) is 6. The van der Waals surface area contributed by atoms with Crippen molar-refractivity contribution in [3.63, 3.8) is 0 Å². The Morgan fingerprint density at radius 1 is 0.387 bits per heavy atom. The number of aliphatic hydroxyl groups excluding tert-OH is 1. The van der Waals surface area contributed by atoms with Crippen LogP contribution in [0.15, 0.2) is 220 Å². The minimum Gasteiger partial charge on any atom is -0.394 e. The Kier molecular flexibility index (Phi) is 26.7. The summed E-state index contributed by atoms with van der Waals surface area (Å²) in [5.74, 6) is 0.346. The van der Waals surface area contributed by atoms with Crippen molar-refractivity contribution in [1.29, 1.82) is 0 Å². The van der Waals surface area contributed by atoms with E-state index in [1.165, 1.54) is 48.9 Å². The number of halogens is 5. The zero-order chi connectivity index (χ0) is 76.7.